The van der Waals surface area contributed by atoms with E-state index in [-0.39, 0.29) is 4.90 Å². The molecule has 2 aromatic carbocycles. The first kappa shape index (κ1) is 17.6. The van der Waals surface area contributed by atoms with Gasteiger partial charge in [0.15, 0.2) is 9.84 Å². The van der Waals surface area contributed by atoms with Gasteiger partial charge in [0, 0.05) is 10.7 Å². The monoisotopic (exact) mass is 389 g/mol. The predicted molar refractivity (Wildman–Crippen MR) is 103 cm³/mol. The lowest BCUT2D eigenvalue weighted by Gasteiger charge is -2.16. The maximum atomic E-state index is 12.6. The van der Waals surface area contributed by atoms with Gasteiger partial charge in [-0.15, -0.1) is 0 Å². The number of fused-ring (bicyclic) bond motifs is 2. The zero-order valence-electron chi connectivity index (χ0n) is 14.3. The molecule has 0 saturated carbocycles. The summed E-state index contributed by atoms with van der Waals surface area (Å²) in [4.78, 5) is 12.7. The van der Waals surface area contributed by atoms with E-state index >= 15 is 0 Å². The van der Waals surface area contributed by atoms with Gasteiger partial charge in [-0.05, 0) is 85.0 Å². The van der Waals surface area contributed by atoms with Gasteiger partial charge in [-0.1, -0.05) is 17.7 Å². The van der Waals surface area contributed by atoms with Crippen molar-refractivity contribution in [2.24, 2.45) is 0 Å². The third-order valence-electron chi connectivity index (χ3n) is 5.23. The molecule has 0 saturated heterocycles. The number of anilines is 1. The van der Waals surface area contributed by atoms with Crippen molar-refractivity contribution < 1.29 is 13.2 Å². The summed E-state index contributed by atoms with van der Waals surface area (Å²) in [6.07, 6.45) is 6.14. The largest absolute Gasteiger partial charge is 0.325 e. The highest BCUT2D eigenvalue weighted by molar-refractivity contribution is 7.92. The fourth-order valence-electron chi connectivity index (χ4n) is 4.04. The second-order valence-corrected chi connectivity index (χ2v) is 9.42. The van der Waals surface area contributed by atoms with E-state index in [4.69, 9.17) is 11.6 Å². The van der Waals surface area contributed by atoms with Gasteiger partial charge >= 0.3 is 0 Å². The fourth-order valence-corrected chi connectivity index (χ4v) is 5.30. The molecule has 2 aliphatic carbocycles. The number of nitrogens with one attached hydrogen (secondary N) is 1. The van der Waals surface area contributed by atoms with E-state index in [1.165, 1.54) is 46.5 Å². The number of benzene rings is 2. The Morgan fingerprint density at radius 2 is 1.54 bits per heavy atom. The van der Waals surface area contributed by atoms with E-state index < -0.39 is 21.5 Å². The Bertz CT molecular complexity index is 949. The summed E-state index contributed by atoms with van der Waals surface area (Å²) in [6, 6.07) is 8.18. The molecule has 1 amide bonds. The van der Waals surface area contributed by atoms with Gasteiger partial charge in [0.2, 0.25) is 5.91 Å². The lowest BCUT2D eigenvalue weighted by molar-refractivity contribution is -0.113. The molecular formula is C20H20ClNO3S. The Hall–Kier alpha value is -1.85. The predicted octanol–water partition coefficient (Wildman–Crippen LogP) is 3.73. The van der Waals surface area contributed by atoms with Crippen molar-refractivity contribution in [2.45, 2.75) is 43.4 Å². The minimum atomic E-state index is -3.70. The number of halogens is 1. The van der Waals surface area contributed by atoms with Crippen LogP contribution in [0.15, 0.2) is 35.2 Å². The molecule has 0 unspecified atom stereocenters. The molecule has 0 spiro atoms. The summed E-state index contributed by atoms with van der Waals surface area (Å²) >= 11 is 5.81. The number of sulfone groups is 1. The number of hydrogen-bond acceptors (Lipinski definition) is 3. The molecule has 1 N–H and O–H groups in total. The number of rotatable bonds is 4. The Morgan fingerprint density at radius 3 is 2.12 bits per heavy atom. The van der Waals surface area contributed by atoms with Crippen LogP contribution in [0, 0.1) is 0 Å². The molecule has 6 heteroatoms. The van der Waals surface area contributed by atoms with Crippen LogP contribution in [-0.4, -0.2) is 20.1 Å². The second-order valence-electron chi connectivity index (χ2n) is 7.00. The summed E-state index contributed by atoms with van der Waals surface area (Å²) < 4.78 is 25.0. The first-order valence-corrected chi connectivity index (χ1v) is 10.9. The first-order chi connectivity index (χ1) is 12.4. The molecule has 0 aromatic heterocycles. The molecule has 0 fully saturated rings. The summed E-state index contributed by atoms with van der Waals surface area (Å²) in [6.45, 7) is 0. The molecule has 0 bridgehead atoms. The summed E-state index contributed by atoms with van der Waals surface area (Å²) in [7, 11) is -3.70. The molecule has 26 heavy (non-hydrogen) atoms. The molecule has 0 heterocycles. The van der Waals surface area contributed by atoms with Crippen LogP contribution in [0.4, 0.5) is 5.69 Å². The molecule has 136 valence electrons. The van der Waals surface area contributed by atoms with Crippen molar-refractivity contribution in [3.05, 3.63) is 57.6 Å². The zero-order valence-corrected chi connectivity index (χ0v) is 15.9. The van der Waals surface area contributed by atoms with E-state index in [9.17, 15) is 13.2 Å². The number of amides is 1. The third-order valence-corrected chi connectivity index (χ3v) is 7.12. The standard InChI is InChI=1S/C20H20ClNO3S/c21-15-7-9-16(10-8-15)26(24,25)12-19(23)22-20-17-5-1-3-13(17)11-14-4-2-6-18(14)20/h7-11H,1-6,12H2,(H,22,23). The van der Waals surface area contributed by atoms with E-state index in [1.54, 1.807) is 0 Å². The van der Waals surface area contributed by atoms with Crippen LogP contribution in [0.1, 0.15) is 35.1 Å². The van der Waals surface area contributed by atoms with Crippen LogP contribution >= 0.6 is 11.6 Å². The van der Waals surface area contributed by atoms with Gasteiger partial charge in [0.05, 0.1) is 4.90 Å². The van der Waals surface area contributed by atoms with Crippen LogP contribution in [0.3, 0.4) is 0 Å². The Labute approximate surface area is 158 Å². The van der Waals surface area contributed by atoms with Crippen molar-refractivity contribution in [1.82, 2.24) is 0 Å². The number of hydrogen-bond donors (Lipinski definition) is 1. The lowest BCUT2D eigenvalue weighted by atomic mass is 9.98. The Kier molecular flexibility index (Phi) is 4.53. The maximum absolute atomic E-state index is 12.6. The molecule has 2 aromatic rings. The molecule has 4 rings (SSSR count). The normalized spacial score (nSPS) is 15.6. The number of carbonyl (C=O) groups is 1. The average molecular weight is 390 g/mol. The Balaban J connectivity index is 1.59. The highest BCUT2D eigenvalue weighted by atomic mass is 35.5. The van der Waals surface area contributed by atoms with Gasteiger partial charge in [0.25, 0.3) is 0 Å². The molecule has 0 aliphatic heterocycles. The first-order valence-electron chi connectivity index (χ1n) is 8.89. The van der Waals surface area contributed by atoms with Crippen molar-refractivity contribution in [3.8, 4) is 0 Å². The van der Waals surface area contributed by atoms with E-state index in [0.717, 1.165) is 44.2 Å². The summed E-state index contributed by atoms with van der Waals surface area (Å²) in [5.41, 5.74) is 5.89. The molecule has 2 aliphatic rings. The van der Waals surface area contributed by atoms with E-state index in [2.05, 4.69) is 11.4 Å². The molecule has 0 radical (unpaired) electrons. The fraction of sp³-hybridized carbons (Fsp3) is 0.350. The van der Waals surface area contributed by atoms with Gasteiger partial charge in [-0.25, -0.2) is 8.42 Å². The second kappa shape index (κ2) is 6.71. The van der Waals surface area contributed by atoms with Crippen LogP contribution in [0.5, 0.6) is 0 Å². The van der Waals surface area contributed by atoms with Gasteiger partial charge in [0.1, 0.15) is 5.75 Å². The zero-order chi connectivity index (χ0) is 18.3. The molecule has 0 atom stereocenters. The van der Waals surface area contributed by atoms with Crippen LogP contribution < -0.4 is 5.32 Å². The average Bonchev–Trinajstić information content (AvgIpc) is 3.23. The summed E-state index contributed by atoms with van der Waals surface area (Å²) in [5, 5.41) is 3.40. The SMILES string of the molecule is O=C(CS(=O)(=O)c1ccc(Cl)cc1)Nc1c2c(cc3c1CCC3)CCC2. The minimum absolute atomic E-state index is 0.112. The van der Waals surface area contributed by atoms with Crippen LogP contribution in [0.25, 0.3) is 0 Å². The number of carbonyl (C=O) groups excluding carboxylic acids is 1. The van der Waals surface area contributed by atoms with Gasteiger partial charge in [-0.3, -0.25) is 4.79 Å². The van der Waals surface area contributed by atoms with Crippen molar-refractivity contribution in [1.29, 1.82) is 0 Å². The van der Waals surface area contributed by atoms with Gasteiger partial charge in [-0.2, -0.15) is 0 Å². The minimum Gasteiger partial charge on any atom is -0.325 e. The topological polar surface area (TPSA) is 63.2 Å². The lowest BCUT2D eigenvalue weighted by Crippen LogP contribution is -2.24. The maximum Gasteiger partial charge on any atom is 0.239 e. The van der Waals surface area contributed by atoms with Crippen LogP contribution in [0.2, 0.25) is 5.02 Å². The molecular weight excluding hydrogens is 370 g/mol. The highest BCUT2D eigenvalue weighted by Crippen LogP contribution is 2.38. The molecule has 4 nitrogen and oxygen atoms in total. The van der Waals surface area contributed by atoms with E-state index in [1.807, 2.05) is 0 Å². The van der Waals surface area contributed by atoms with Crippen LogP contribution in [-0.2, 0) is 40.3 Å². The van der Waals surface area contributed by atoms with Crippen molar-refractivity contribution in [2.75, 3.05) is 11.1 Å². The van der Waals surface area contributed by atoms with Crippen molar-refractivity contribution >= 4 is 33.0 Å². The van der Waals surface area contributed by atoms with E-state index in [0.29, 0.717) is 5.02 Å². The Morgan fingerprint density at radius 1 is 0.962 bits per heavy atom. The quantitative estimate of drug-likeness (QED) is 0.866. The smallest absolute Gasteiger partial charge is 0.239 e. The summed E-state index contributed by atoms with van der Waals surface area (Å²) in [5.74, 6) is -1.04. The van der Waals surface area contributed by atoms with Crippen molar-refractivity contribution in [3.63, 3.8) is 0 Å². The van der Waals surface area contributed by atoms with Gasteiger partial charge < -0.3 is 5.32 Å². The number of aryl methyl sites for hydroxylation is 2. The highest BCUT2D eigenvalue weighted by Gasteiger charge is 2.26. The third kappa shape index (κ3) is 3.26.